The molecule has 1 fully saturated rings. The van der Waals surface area contributed by atoms with Gasteiger partial charge in [0.15, 0.2) is 0 Å². The normalized spacial score (nSPS) is 15.9. The Balaban J connectivity index is 1.96. The number of aromatic nitrogens is 1. The highest BCUT2D eigenvalue weighted by Crippen LogP contribution is 2.38. The molecule has 7 nitrogen and oxygen atoms in total. The smallest absolute Gasteiger partial charge is 0.250 e. The molecule has 1 aromatic heterocycles. The highest BCUT2D eigenvalue weighted by Gasteiger charge is 2.30. The van der Waals surface area contributed by atoms with E-state index in [1.807, 2.05) is 13.8 Å². The van der Waals surface area contributed by atoms with Gasteiger partial charge in [0.25, 0.3) is 0 Å². The largest absolute Gasteiger partial charge is 0.496 e. The van der Waals surface area contributed by atoms with Gasteiger partial charge in [-0.25, -0.2) is 0 Å². The number of amides is 1. The molecular weight excluding hydrogens is 373 g/mol. The number of halogens is 1. The molecule has 1 heterocycles. The SMILES string of the molecule is COc1cc(N(F)c2cncc(C(N)=O)c2)cc(N[C@H](C2CCC2)[C@H](C)N)c1C. The lowest BCUT2D eigenvalue weighted by molar-refractivity contribution is 0.1000. The van der Waals surface area contributed by atoms with Crippen LogP contribution in [-0.4, -0.2) is 30.1 Å². The van der Waals surface area contributed by atoms with Crippen LogP contribution in [0.4, 0.5) is 21.5 Å². The van der Waals surface area contributed by atoms with Gasteiger partial charge in [0.2, 0.25) is 5.91 Å². The van der Waals surface area contributed by atoms with Crippen LogP contribution >= 0.6 is 0 Å². The number of rotatable bonds is 8. The highest BCUT2D eigenvalue weighted by molar-refractivity contribution is 5.93. The molecule has 3 rings (SSSR count). The molecule has 0 aliphatic heterocycles. The fraction of sp³-hybridized carbons (Fsp3) is 0.429. The van der Waals surface area contributed by atoms with Crippen molar-refractivity contribution in [3.63, 3.8) is 0 Å². The molecule has 0 saturated heterocycles. The Kier molecular flexibility index (Phi) is 6.22. The third-order valence-electron chi connectivity index (χ3n) is 5.57. The number of nitrogens with zero attached hydrogens (tertiary/aromatic N) is 2. The Bertz CT molecular complexity index is 885. The number of primary amides is 1. The second kappa shape index (κ2) is 8.65. The summed E-state index contributed by atoms with van der Waals surface area (Å²) < 4.78 is 20.7. The van der Waals surface area contributed by atoms with E-state index < -0.39 is 5.91 Å². The van der Waals surface area contributed by atoms with Crippen molar-refractivity contribution in [1.29, 1.82) is 0 Å². The maximum Gasteiger partial charge on any atom is 0.250 e. The summed E-state index contributed by atoms with van der Waals surface area (Å²) >= 11 is 0. The first-order chi connectivity index (χ1) is 13.8. The predicted molar refractivity (Wildman–Crippen MR) is 112 cm³/mol. The molecule has 5 N–H and O–H groups in total. The second-order valence-corrected chi connectivity index (χ2v) is 7.62. The number of pyridine rings is 1. The van der Waals surface area contributed by atoms with Crippen molar-refractivity contribution in [3.8, 4) is 5.75 Å². The van der Waals surface area contributed by atoms with Crippen molar-refractivity contribution in [2.45, 2.75) is 45.2 Å². The van der Waals surface area contributed by atoms with Crippen molar-refractivity contribution in [2.75, 3.05) is 17.5 Å². The molecule has 156 valence electrons. The maximum atomic E-state index is 15.2. The third kappa shape index (κ3) is 4.42. The van der Waals surface area contributed by atoms with Gasteiger partial charge in [0.1, 0.15) is 5.75 Å². The monoisotopic (exact) mass is 401 g/mol. The van der Waals surface area contributed by atoms with Gasteiger partial charge in [-0.3, -0.25) is 9.78 Å². The molecule has 1 saturated carbocycles. The highest BCUT2D eigenvalue weighted by atomic mass is 19.2. The second-order valence-electron chi connectivity index (χ2n) is 7.62. The number of methoxy groups -OCH3 is 1. The summed E-state index contributed by atoms with van der Waals surface area (Å²) in [7, 11) is 1.54. The number of anilines is 3. The summed E-state index contributed by atoms with van der Waals surface area (Å²) in [4.78, 5) is 15.3. The van der Waals surface area contributed by atoms with Crippen LogP contribution in [0.25, 0.3) is 0 Å². The molecule has 1 aliphatic carbocycles. The van der Waals surface area contributed by atoms with E-state index in [1.54, 1.807) is 19.2 Å². The van der Waals surface area contributed by atoms with Crippen molar-refractivity contribution < 1.29 is 14.0 Å². The topological polar surface area (TPSA) is 106 Å². The molecule has 2 aromatic rings. The molecule has 0 unspecified atom stereocenters. The van der Waals surface area contributed by atoms with E-state index in [9.17, 15) is 4.79 Å². The minimum Gasteiger partial charge on any atom is -0.496 e. The molecule has 1 aliphatic rings. The number of ether oxygens (including phenoxy) is 1. The first-order valence-electron chi connectivity index (χ1n) is 9.73. The zero-order valence-electron chi connectivity index (χ0n) is 17.0. The zero-order valence-corrected chi connectivity index (χ0v) is 17.0. The van der Waals surface area contributed by atoms with E-state index in [2.05, 4.69) is 10.3 Å². The molecule has 0 spiro atoms. The summed E-state index contributed by atoms with van der Waals surface area (Å²) in [6, 6.07) is 4.71. The van der Waals surface area contributed by atoms with E-state index in [-0.39, 0.29) is 29.0 Å². The van der Waals surface area contributed by atoms with Crippen molar-refractivity contribution in [3.05, 3.63) is 41.7 Å². The predicted octanol–water partition coefficient (Wildman–Crippen LogP) is 3.45. The Morgan fingerprint density at radius 3 is 2.59 bits per heavy atom. The first-order valence-corrected chi connectivity index (χ1v) is 9.73. The van der Waals surface area contributed by atoms with E-state index in [4.69, 9.17) is 16.2 Å². The van der Waals surface area contributed by atoms with Gasteiger partial charge < -0.3 is 21.5 Å². The summed E-state index contributed by atoms with van der Waals surface area (Å²) in [5.41, 5.74) is 13.6. The summed E-state index contributed by atoms with van der Waals surface area (Å²) in [6.45, 7) is 3.90. The standard InChI is InChI=1S/C21H28FN5O2/c1-12-18(26-20(13(2)23)14-5-4-6-14)8-16(9-19(12)29-3)27(22)17-7-15(21(24)28)10-25-11-17/h7-11,13-14,20,26H,4-6,23H2,1-3H3,(H2,24,28)/t13-,20-/m0/s1. The number of hydrogen-bond acceptors (Lipinski definition) is 6. The lowest BCUT2D eigenvalue weighted by Crippen LogP contribution is -2.46. The van der Waals surface area contributed by atoms with Gasteiger partial charge in [-0.2, -0.15) is 5.12 Å². The van der Waals surface area contributed by atoms with Gasteiger partial charge in [0.05, 0.1) is 30.2 Å². The lowest BCUT2D eigenvalue weighted by Gasteiger charge is -2.37. The number of nitrogens with one attached hydrogen (secondary N) is 1. The van der Waals surface area contributed by atoms with Gasteiger partial charge in [0, 0.05) is 35.6 Å². The van der Waals surface area contributed by atoms with Gasteiger partial charge in [-0.05, 0) is 44.7 Å². The summed E-state index contributed by atoms with van der Waals surface area (Å²) in [5.74, 6) is 0.377. The fourth-order valence-electron chi connectivity index (χ4n) is 3.62. The quantitative estimate of drug-likeness (QED) is 0.585. The molecule has 29 heavy (non-hydrogen) atoms. The Hall–Kier alpha value is -2.87. The van der Waals surface area contributed by atoms with Crippen molar-refractivity contribution >= 4 is 23.0 Å². The van der Waals surface area contributed by atoms with Crippen LogP contribution in [0.3, 0.4) is 0 Å². The number of hydrogen-bond donors (Lipinski definition) is 3. The van der Waals surface area contributed by atoms with E-state index >= 15 is 4.48 Å². The summed E-state index contributed by atoms with van der Waals surface area (Å²) in [5, 5.41) is 3.97. The van der Waals surface area contributed by atoms with Gasteiger partial charge >= 0.3 is 0 Å². The molecule has 1 aromatic carbocycles. The van der Waals surface area contributed by atoms with Gasteiger partial charge in [-0.1, -0.05) is 10.9 Å². The maximum absolute atomic E-state index is 15.2. The van der Waals surface area contributed by atoms with Crippen LogP contribution in [0.5, 0.6) is 5.75 Å². The zero-order chi connectivity index (χ0) is 21.1. The fourth-order valence-corrected chi connectivity index (χ4v) is 3.62. The number of nitrogens with two attached hydrogens (primary N) is 2. The van der Waals surface area contributed by atoms with E-state index in [0.29, 0.717) is 16.8 Å². The van der Waals surface area contributed by atoms with Crippen LogP contribution in [0.15, 0.2) is 30.6 Å². The molecule has 0 bridgehead atoms. The Morgan fingerprint density at radius 2 is 2.03 bits per heavy atom. The van der Waals surface area contributed by atoms with Crippen LogP contribution in [0, 0.1) is 12.8 Å². The van der Waals surface area contributed by atoms with Gasteiger partial charge in [-0.15, -0.1) is 0 Å². The minimum absolute atomic E-state index is 0.0488. The van der Waals surface area contributed by atoms with E-state index in [0.717, 1.165) is 24.1 Å². The first kappa shape index (κ1) is 20.9. The number of carbonyl (C=O) groups is 1. The summed E-state index contributed by atoms with van der Waals surface area (Å²) in [6.07, 6.45) is 6.10. The van der Waals surface area contributed by atoms with Crippen molar-refractivity contribution in [1.82, 2.24) is 4.98 Å². The molecule has 8 heteroatoms. The third-order valence-corrected chi connectivity index (χ3v) is 5.57. The number of carbonyl (C=O) groups excluding carboxylic acids is 1. The molecule has 0 radical (unpaired) electrons. The Morgan fingerprint density at radius 1 is 1.31 bits per heavy atom. The molecular formula is C21H28FN5O2. The molecule has 1 amide bonds. The Labute approximate surface area is 170 Å². The van der Waals surface area contributed by atoms with Crippen LogP contribution < -0.4 is 26.6 Å². The van der Waals surface area contributed by atoms with Crippen molar-refractivity contribution in [2.24, 2.45) is 17.4 Å². The molecule has 2 atom stereocenters. The average molecular weight is 401 g/mol. The average Bonchev–Trinajstić information content (AvgIpc) is 2.66. The van der Waals surface area contributed by atoms with Crippen LogP contribution in [0.2, 0.25) is 0 Å². The minimum atomic E-state index is -0.670. The van der Waals surface area contributed by atoms with Crippen LogP contribution in [-0.2, 0) is 0 Å². The lowest BCUT2D eigenvalue weighted by atomic mass is 9.77. The number of benzene rings is 1. The van der Waals surface area contributed by atoms with Crippen LogP contribution in [0.1, 0.15) is 42.1 Å². The van der Waals surface area contributed by atoms with E-state index in [1.165, 1.54) is 24.9 Å².